The van der Waals surface area contributed by atoms with E-state index in [0.717, 1.165) is 32.0 Å². The van der Waals surface area contributed by atoms with E-state index in [-0.39, 0.29) is 12.4 Å². The van der Waals surface area contributed by atoms with Gasteiger partial charge in [0.05, 0.1) is 13.1 Å². The molecular formula is C26H30ClNO. The molecule has 0 fully saturated rings. The molecule has 3 rings (SSSR count). The van der Waals surface area contributed by atoms with Crippen molar-refractivity contribution in [3.8, 4) is 5.75 Å². The highest BCUT2D eigenvalue weighted by atomic mass is 35.5. The van der Waals surface area contributed by atoms with Crippen molar-refractivity contribution in [1.29, 1.82) is 0 Å². The van der Waals surface area contributed by atoms with Crippen LogP contribution in [0.15, 0.2) is 84.9 Å². The van der Waals surface area contributed by atoms with Crippen LogP contribution >= 0.6 is 0 Å². The molecule has 1 N–H and O–H groups in total. The summed E-state index contributed by atoms with van der Waals surface area (Å²) in [5.41, 5.74) is 4.82. The Morgan fingerprint density at radius 2 is 1.31 bits per heavy atom. The molecule has 2 nitrogen and oxygen atoms in total. The van der Waals surface area contributed by atoms with E-state index in [9.17, 15) is 0 Å². The number of hydrogen-bond donors (Lipinski definition) is 1. The molecule has 0 bridgehead atoms. The summed E-state index contributed by atoms with van der Waals surface area (Å²) in [6, 6.07) is 29.5. The summed E-state index contributed by atoms with van der Waals surface area (Å²) in [5.74, 6) is 0.933. The Morgan fingerprint density at radius 1 is 0.759 bits per heavy atom. The zero-order valence-corrected chi connectivity index (χ0v) is 18.0. The van der Waals surface area contributed by atoms with Gasteiger partial charge in [0, 0.05) is 0 Å². The maximum Gasteiger partial charge on any atom is 0.137 e. The lowest BCUT2D eigenvalue weighted by atomic mass is 9.95. The number of rotatable bonds is 9. The minimum Gasteiger partial charge on any atom is -1.00 e. The summed E-state index contributed by atoms with van der Waals surface area (Å²) in [6.45, 7) is 8.52. The van der Waals surface area contributed by atoms with Crippen LogP contribution in [0.25, 0.3) is 11.6 Å². The van der Waals surface area contributed by atoms with Gasteiger partial charge in [0.2, 0.25) is 0 Å². The van der Waals surface area contributed by atoms with Gasteiger partial charge in [-0.1, -0.05) is 72.8 Å². The van der Waals surface area contributed by atoms with Gasteiger partial charge in [0.1, 0.15) is 18.9 Å². The first-order chi connectivity index (χ1) is 13.8. The highest BCUT2D eigenvalue weighted by Gasteiger charge is 2.07. The van der Waals surface area contributed by atoms with E-state index >= 15 is 0 Å². The topological polar surface area (TPSA) is 13.7 Å². The van der Waals surface area contributed by atoms with Crippen LogP contribution in [0.2, 0.25) is 0 Å². The van der Waals surface area contributed by atoms with Gasteiger partial charge in [0.25, 0.3) is 0 Å². The summed E-state index contributed by atoms with van der Waals surface area (Å²) in [5, 5.41) is 0. The van der Waals surface area contributed by atoms with Crippen LogP contribution in [0, 0.1) is 0 Å². The molecule has 0 saturated carbocycles. The lowest BCUT2D eigenvalue weighted by molar-refractivity contribution is -0.896. The van der Waals surface area contributed by atoms with Crippen molar-refractivity contribution in [3.05, 3.63) is 102 Å². The number of likely N-dealkylation sites (N-methyl/N-ethyl adjacent to an activating group) is 1. The van der Waals surface area contributed by atoms with Gasteiger partial charge in [-0.2, -0.15) is 0 Å². The molecule has 3 aromatic rings. The first-order valence-corrected chi connectivity index (χ1v) is 10.2. The summed E-state index contributed by atoms with van der Waals surface area (Å²) in [7, 11) is 0. The Labute approximate surface area is 181 Å². The molecule has 0 spiro atoms. The van der Waals surface area contributed by atoms with Crippen molar-refractivity contribution < 1.29 is 22.0 Å². The van der Waals surface area contributed by atoms with Crippen LogP contribution in [0.4, 0.5) is 0 Å². The molecule has 0 aromatic heterocycles. The molecule has 0 aliphatic heterocycles. The lowest BCUT2D eigenvalue weighted by Crippen LogP contribution is -3.12. The fraction of sp³-hybridized carbons (Fsp3) is 0.231. The number of benzene rings is 3. The summed E-state index contributed by atoms with van der Waals surface area (Å²) in [6.07, 6.45) is 2.24. The van der Waals surface area contributed by atoms with Gasteiger partial charge in [-0.15, -0.1) is 0 Å². The number of quaternary nitrogens is 1. The van der Waals surface area contributed by atoms with Crippen molar-refractivity contribution >= 4 is 11.6 Å². The molecule has 0 saturated heterocycles. The van der Waals surface area contributed by atoms with E-state index in [2.05, 4.69) is 98.8 Å². The molecule has 0 radical (unpaired) electrons. The van der Waals surface area contributed by atoms with Crippen molar-refractivity contribution in [2.24, 2.45) is 0 Å². The third-order valence-electron chi connectivity index (χ3n) is 5.09. The monoisotopic (exact) mass is 407 g/mol. The van der Waals surface area contributed by atoms with E-state index < -0.39 is 0 Å². The van der Waals surface area contributed by atoms with Crippen molar-refractivity contribution in [2.75, 3.05) is 26.2 Å². The normalized spacial score (nSPS) is 11.2. The highest BCUT2D eigenvalue weighted by molar-refractivity contribution is 5.91. The number of ether oxygens (including phenoxy) is 1. The average Bonchev–Trinajstić information content (AvgIpc) is 2.77. The van der Waals surface area contributed by atoms with E-state index in [1.54, 1.807) is 4.90 Å². The first kappa shape index (κ1) is 22.7. The Bertz CT molecular complexity index is 856. The maximum atomic E-state index is 5.96. The predicted molar refractivity (Wildman–Crippen MR) is 119 cm³/mol. The summed E-state index contributed by atoms with van der Waals surface area (Å²) >= 11 is 0. The smallest absolute Gasteiger partial charge is 0.137 e. The number of nitrogens with one attached hydrogen (secondary N) is 1. The molecule has 3 aromatic carbocycles. The molecule has 0 heterocycles. The fourth-order valence-electron chi connectivity index (χ4n) is 3.31. The zero-order valence-electron chi connectivity index (χ0n) is 17.3. The minimum absolute atomic E-state index is 0. The van der Waals surface area contributed by atoms with Crippen LogP contribution in [-0.4, -0.2) is 26.2 Å². The second kappa shape index (κ2) is 12.1. The molecule has 29 heavy (non-hydrogen) atoms. The molecule has 152 valence electrons. The Hall–Kier alpha value is -2.55. The predicted octanol–water partition coefficient (Wildman–Crippen LogP) is 1.58. The maximum absolute atomic E-state index is 5.96. The highest BCUT2D eigenvalue weighted by Crippen LogP contribution is 2.27. The van der Waals surface area contributed by atoms with Gasteiger partial charge in [0.15, 0.2) is 0 Å². The van der Waals surface area contributed by atoms with E-state index in [4.69, 9.17) is 4.74 Å². The van der Waals surface area contributed by atoms with Crippen LogP contribution in [-0.2, 0) is 0 Å². The molecule has 0 aliphatic carbocycles. The third kappa shape index (κ3) is 6.77. The Morgan fingerprint density at radius 3 is 1.90 bits per heavy atom. The van der Waals surface area contributed by atoms with Gasteiger partial charge < -0.3 is 22.0 Å². The number of hydrogen-bond acceptors (Lipinski definition) is 1. The minimum atomic E-state index is 0. The van der Waals surface area contributed by atoms with Crippen LogP contribution < -0.4 is 22.0 Å². The van der Waals surface area contributed by atoms with Gasteiger partial charge in [-0.05, 0) is 54.3 Å². The largest absolute Gasteiger partial charge is 1.00 e. The van der Waals surface area contributed by atoms with Crippen molar-refractivity contribution in [1.82, 2.24) is 0 Å². The summed E-state index contributed by atoms with van der Waals surface area (Å²) in [4.78, 5) is 1.56. The van der Waals surface area contributed by atoms with Crippen LogP contribution in [0.1, 0.15) is 30.5 Å². The first-order valence-electron chi connectivity index (χ1n) is 10.2. The molecule has 0 unspecified atom stereocenters. The average molecular weight is 408 g/mol. The molecule has 0 aliphatic rings. The van der Waals surface area contributed by atoms with Crippen LogP contribution in [0.5, 0.6) is 5.75 Å². The number of halogens is 1. The Kier molecular flexibility index (Phi) is 9.49. The zero-order chi connectivity index (χ0) is 19.6. The van der Waals surface area contributed by atoms with Gasteiger partial charge in [-0.25, -0.2) is 0 Å². The van der Waals surface area contributed by atoms with Gasteiger partial charge >= 0.3 is 0 Å². The molecule has 0 atom stereocenters. The SMILES string of the molecule is CC[NH+](CC)CCOc1ccc(/C(=C/c2ccccc2)c2ccccc2)cc1.[Cl-]. The van der Waals surface area contributed by atoms with Crippen molar-refractivity contribution in [2.45, 2.75) is 13.8 Å². The second-order valence-electron chi connectivity index (χ2n) is 6.91. The molecule has 3 heteroatoms. The van der Waals surface area contributed by atoms with E-state index in [1.807, 2.05) is 6.07 Å². The fourth-order valence-corrected chi connectivity index (χ4v) is 3.31. The second-order valence-corrected chi connectivity index (χ2v) is 6.91. The molecule has 0 amide bonds. The van der Waals surface area contributed by atoms with Crippen molar-refractivity contribution in [3.63, 3.8) is 0 Å². The van der Waals surface area contributed by atoms with E-state index in [1.165, 1.54) is 22.3 Å². The third-order valence-corrected chi connectivity index (χ3v) is 5.09. The standard InChI is InChI=1S/C26H29NO.ClH/c1-3-27(4-2)19-20-28-25-17-15-24(16-18-25)26(23-13-9-6-10-14-23)21-22-11-7-5-8-12-22;/h5-18,21H,3-4,19-20H2,1-2H3;1H/b26-21+;. The van der Waals surface area contributed by atoms with Crippen LogP contribution in [0.3, 0.4) is 0 Å². The lowest BCUT2D eigenvalue weighted by Gasteiger charge is -2.16. The Balaban J connectivity index is 0.00000300. The van der Waals surface area contributed by atoms with E-state index in [0.29, 0.717) is 0 Å². The molecular weight excluding hydrogens is 378 g/mol. The quantitative estimate of drug-likeness (QED) is 0.532. The summed E-state index contributed by atoms with van der Waals surface area (Å²) < 4.78 is 5.96. The van der Waals surface area contributed by atoms with Gasteiger partial charge in [-0.3, -0.25) is 0 Å².